The molecule has 1 aliphatic rings. The summed E-state index contributed by atoms with van der Waals surface area (Å²) in [5, 5.41) is 17.8. The molecule has 1 saturated heterocycles. The Balaban J connectivity index is 2.56. The fourth-order valence-electron chi connectivity index (χ4n) is 1.36. The molecule has 76 valence electrons. The van der Waals surface area contributed by atoms with Gasteiger partial charge in [-0.1, -0.05) is 0 Å². The van der Waals surface area contributed by atoms with Gasteiger partial charge in [0.25, 0.3) is 0 Å². The Hall–Kier alpha value is 0.130. The van der Waals surface area contributed by atoms with E-state index < -0.39 is 10.7 Å². The number of carbonyl (C=O) groups is 1. The Kier molecular flexibility index (Phi) is 4.41. The third kappa shape index (κ3) is 2.79. The molecule has 0 spiro atoms. The molecule has 0 amide bonds. The lowest BCUT2D eigenvalue weighted by Gasteiger charge is -2.31. The van der Waals surface area contributed by atoms with E-state index in [1.165, 1.54) is 11.8 Å². The predicted molar refractivity (Wildman–Crippen MR) is 56.5 cm³/mol. The zero-order valence-electron chi connectivity index (χ0n) is 7.36. The molecule has 0 aromatic heterocycles. The normalized spacial score (nSPS) is 21.3. The van der Waals surface area contributed by atoms with E-state index in [-0.39, 0.29) is 6.61 Å². The first-order chi connectivity index (χ1) is 6.21. The largest absolute Gasteiger partial charge is 0.480 e. The summed E-state index contributed by atoms with van der Waals surface area (Å²) in [6, 6.07) is 0. The minimum absolute atomic E-state index is 0.0623. The molecule has 0 aromatic carbocycles. The van der Waals surface area contributed by atoms with Crippen LogP contribution in [-0.2, 0) is 4.79 Å². The summed E-state index contributed by atoms with van der Waals surface area (Å²) < 4.78 is -0.617. The average Bonchev–Trinajstić information content (AvgIpc) is 2.16. The number of aliphatic carboxylic acids is 1. The van der Waals surface area contributed by atoms with Crippen molar-refractivity contribution in [1.29, 1.82) is 0 Å². The number of carboxylic acid groups (broad SMARTS) is 1. The molecule has 0 radical (unpaired) electrons. The first-order valence-electron chi connectivity index (χ1n) is 4.27. The SMILES string of the molecule is O=C(O)C1(SCCO)CCSCC1. The number of rotatable bonds is 4. The standard InChI is InChI=1S/C8H14O3S2/c9-3-6-13-8(7(10)11)1-4-12-5-2-8/h9H,1-6H2,(H,10,11). The Morgan fingerprint density at radius 1 is 1.46 bits per heavy atom. The van der Waals surface area contributed by atoms with E-state index in [1.807, 2.05) is 11.8 Å². The summed E-state index contributed by atoms with van der Waals surface area (Å²) in [4.78, 5) is 11.1. The number of aliphatic hydroxyl groups excluding tert-OH is 1. The van der Waals surface area contributed by atoms with Crippen molar-refractivity contribution in [2.75, 3.05) is 23.9 Å². The molecule has 2 N–H and O–H groups in total. The van der Waals surface area contributed by atoms with Crippen LogP contribution < -0.4 is 0 Å². The number of hydrogen-bond acceptors (Lipinski definition) is 4. The zero-order valence-corrected chi connectivity index (χ0v) is 8.99. The Labute approximate surface area is 86.3 Å². The second-order valence-corrected chi connectivity index (χ2v) is 5.69. The van der Waals surface area contributed by atoms with Crippen LogP contribution >= 0.6 is 23.5 Å². The van der Waals surface area contributed by atoms with Crippen LogP contribution in [0.5, 0.6) is 0 Å². The van der Waals surface area contributed by atoms with Gasteiger partial charge in [-0.2, -0.15) is 11.8 Å². The van der Waals surface area contributed by atoms with E-state index in [1.54, 1.807) is 0 Å². The smallest absolute Gasteiger partial charge is 0.319 e. The van der Waals surface area contributed by atoms with Crippen molar-refractivity contribution in [2.45, 2.75) is 17.6 Å². The quantitative estimate of drug-likeness (QED) is 0.745. The van der Waals surface area contributed by atoms with Crippen molar-refractivity contribution in [3.63, 3.8) is 0 Å². The van der Waals surface area contributed by atoms with Crippen molar-refractivity contribution in [2.24, 2.45) is 0 Å². The molecule has 1 aliphatic heterocycles. The molecule has 3 nitrogen and oxygen atoms in total. The predicted octanol–water partition coefficient (Wildman–Crippen LogP) is 1.06. The summed E-state index contributed by atoms with van der Waals surface area (Å²) in [5.41, 5.74) is 0. The molecule has 1 heterocycles. The van der Waals surface area contributed by atoms with Crippen molar-refractivity contribution in [3.05, 3.63) is 0 Å². The summed E-state index contributed by atoms with van der Waals surface area (Å²) in [6.07, 6.45) is 1.44. The summed E-state index contributed by atoms with van der Waals surface area (Å²) in [7, 11) is 0. The van der Waals surface area contributed by atoms with E-state index in [4.69, 9.17) is 10.2 Å². The molecule has 0 bridgehead atoms. The van der Waals surface area contributed by atoms with Crippen LogP contribution in [0.15, 0.2) is 0 Å². The second kappa shape index (κ2) is 5.12. The lowest BCUT2D eigenvalue weighted by Crippen LogP contribution is -2.39. The Morgan fingerprint density at radius 3 is 2.54 bits per heavy atom. The van der Waals surface area contributed by atoms with Gasteiger partial charge >= 0.3 is 5.97 Å². The molecule has 1 rings (SSSR count). The third-order valence-electron chi connectivity index (χ3n) is 2.16. The molecular formula is C8H14O3S2. The molecule has 0 aromatic rings. The Morgan fingerprint density at radius 2 is 2.08 bits per heavy atom. The minimum Gasteiger partial charge on any atom is -0.480 e. The fraction of sp³-hybridized carbons (Fsp3) is 0.875. The topological polar surface area (TPSA) is 57.5 Å². The lowest BCUT2D eigenvalue weighted by atomic mass is 10.0. The van der Waals surface area contributed by atoms with Crippen LogP contribution in [-0.4, -0.2) is 44.8 Å². The zero-order chi connectivity index (χ0) is 9.73. The first-order valence-corrected chi connectivity index (χ1v) is 6.41. The van der Waals surface area contributed by atoms with Gasteiger partial charge < -0.3 is 10.2 Å². The maximum Gasteiger partial charge on any atom is 0.319 e. The van der Waals surface area contributed by atoms with E-state index in [2.05, 4.69) is 0 Å². The van der Waals surface area contributed by atoms with Gasteiger partial charge in [-0.3, -0.25) is 4.79 Å². The highest BCUT2D eigenvalue weighted by molar-refractivity contribution is 8.02. The van der Waals surface area contributed by atoms with Gasteiger partial charge in [0.15, 0.2) is 0 Å². The van der Waals surface area contributed by atoms with Gasteiger partial charge in [0.2, 0.25) is 0 Å². The monoisotopic (exact) mass is 222 g/mol. The van der Waals surface area contributed by atoms with Gasteiger partial charge in [-0.25, -0.2) is 0 Å². The van der Waals surface area contributed by atoms with Crippen molar-refractivity contribution in [3.8, 4) is 0 Å². The molecule has 0 unspecified atom stereocenters. The number of carboxylic acids is 1. The third-order valence-corrected chi connectivity index (χ3v) is 4.67. The average molecular weight is 222 g/mol. The molecule has 13 heavy (non-hydrogen) atoms. The van der Waals surface area contributed by atoms with E-state index in [0.29, 0.717) is 5.75 Å². The molecule has 0 aliphatic carbocycles. The molecule has 0 atom stereocenters. The highest BCUT2D eigenvalue weighted by Gasteiger charge is 2.39. The molecule has 1 fully saturated rings. The van der Waals surface area contributed by atoms with E-state index in [0.717, 1.165) is 24.3 Å². The van der Waals surface area contributed by atoms with Gasteiger partial charge in [0.1, 0.15) is 4.75 Å². The highest BCUT2D eigenvalue weighted by atomic mass is 32.2. The summed E-state index contributed by atoms with van der Waals surface area (Å²) in [5.74, 6) is 1.65. The van der Waals surface area contributed by atoms with Gasteiger partial charge in [0.05, 0.1) is 6.61 Å². The van der Waals surface area contributed by atoms with E-state index in [9.17, 15) is 4.79 Å². The highest BCUT2D eigenvalue weighted by Crippen LogP contribution is 2.38. The van der Waals surface area contributed by atoms with E-state index >= 15 is 0 Å². The van der Waals surface area contributed by atoms with Gasteiger partial charge in [-0.15, -0.1) is 11.8 Å². The van der Waals surface area contributed by atoms with Crippen LogP contribution in [0.4, 0.5) is 0 Å². The first kappa shape index (κ1) is 11.2. The Bertz CT molecular complexity index is 178. The molecular weight excluding hydrogens is 208 g/mol. The van der Waals surface area contributed by atoms with Crippen molar-refractivity contribution >= 4 is 29.5 Å². The molecule has 5 heteroatoms. The van der Waals surface area contributed by atoms with Crippen molar-refractivity contribution < 1.29 is 15.0 Å². The number of thioether (sulfide) groups is 2. The van der Waals surface area contributed by atoms with Gasteiger partial charge in [0, 0.05) is 5.75 Å². The summed E-state index contributed by atoms with van der Waals surface area (Å²) >= 11 is 3.20. The van der Waals surface area contributed by atoms with Crippen LogP contribution in [0.1, 0.15) is 12.8 Å². The van der Waals surface area contributed by atoms with Crippen LogP contribution in [0.3, 0.4) is 0 Å². The van der Waals surface area contributed by atoms with Crippen LogP contribution in [0.25, 0.3) is 0 Å². The fourth-order valence-corrected chi connectivity index (χ4v) is 3.91. The van der Waals surface area contributed by atoms with Crippen LogP contribution in [0, 0.1) is 0 Å². The maximum absolute atomic E-state index is 11.1. The summed E-state index contributed by atoms with van der Waals surface area (Å²) in [6.45, 7) is 0.0623. The minimum atomic E-state index is -0.716. The maximum atomic E-state index is 11.1. The van der Waals surface area contributed by atoms with Gasteiger partial charge in [-0.05, 0) is 24.3 Å². The number of hydrogen-bond donors (Lipinski definition) is 2. The number of aliphatic hydroxyl groups is 1. The van der Waals surface area contributed by atoms with Crippen molar-refractivity contribution in [1.82, 2.24) is 0 Å². The second-order valence-electron chi connectivity index (χ2n) is 2.98. The van der Waals surface area contributed by atoms with Crippen LogP contribution in [0.2, 0.25) is 0 Å². The lowest BCUT2D eigenvalue weighted by molar-refractivity contribution is -0.140. The molecule has 0 saturated carbocycles.